The predicted octanol–water partition coefficient (Wildman–Crippen LogP) is 2.18. The molecule has 0 spiro atoms. The van der Waals surface area contributed by atoms with Crippen molar-refractivity contribution in [1.29, 1.82) is 0 Å². The number of rotatable bonds is 4. The quantitative estimate of drug-likeness (QED) is 0.893. The smallest absolute Gasteiger partial charge is 0.317 e. The lowest BCUT2D eigenvalue weighted by Crippen LogP contribution is -2.40. The third-order valence-electron chi connectivity index (χ3n) is 4.02. The number of aliphatic carboxylic acids is 1. The lowest BCUT2D eigenvalue weighted by atomic mass is 10.0. The molecule has 22 heavy (non-hydrogen) atoms. The molecule has 2 unspecified atom stereocenters. The minimum absolute atomic E-state index is 0.216. The van der Waals surface area contributed by atoms with Gasteiger partial charge in [0.1, 0.15) is 5.75 Å². The number of nitrogens with one attached hydrogen (secondary N) is 1. The van der Waals surface area contributed by atoms with E-state index in [2.05, 4.69) is 5.32 Å². The average molecular weight is 306 g/mol. The summed E-state index contributed by atoms with van der Waals surface area (Å²) in [5.74, 6) is -0.582. The number of carboxylic acids is 1. The Kier molecular flexibility index (Phi) is 4.90. The Balaban J connectivity index is 2.03. The molecule has 6 heteroatoms. The van der Waals surface area contributed by atoms with Crippen LogP contribution in [0.2, 0.25) is 0 Å². The Morgan fingerprint density at radius 1 is 1.45 bits per heavy atom. The van der Waals surface area contributed by atoms with Crippen molar-refractivity contribution in [3.05, 3.63) is 29.3 Å². The lowest BCUT2D eigenvalue weighted by molar-refractivity contribution is -0.141. The summed E-state index contributed by atoms with van der Waals surface area (Å²) >= 11 is 0. The minimum atomic E-state index is -0.844. The van der Waals surface area contributed by atoms with Crippen molar-refractivity contribution in [2.75, 3.05) is 20.2 Å². The maximum atomic E-state index is 12.3. The number of carbonyl (C=O) groups is 2. The van der Waals surface area contributed by atoms with Crippen LogP contribution in [-0.2, 0) is 4.79 Å². The lowest BCUT2D eigenvalue weighted by Gasteiger charge is -2.22. The van der Waals surface area contributed by atoms with Crippen molar-refractivity contribution in [2.24, 2.45) is 5.92 Å². The topological polar surface area (TPSA) is 78.9 Å². The molecule has 1 aliphatic heterocycles. The van der Waals surface area contributed by atoms with Gasteiger partial charge < -0.3 is 20.1 Å². The van der Waals surface area contributed by atoms with Gasteiger partial charge in [-0.2, -0.15) is 0 Å². The summed E-state index contributed by atoms with van der Waals surface area (Å²) in [7, 11) is 1.60. The molecule has 0 aliphatic carbocycles. The molecular weight excluding hydrogens is 284 g/mol. The van der Waals surface area contributed by atoms with E-state index in [0.717, 1.165) is 16.9 Å². The van der Waals surface area contributed by atoms with Gasteiger partial charge in [-0.1, -0.05) is 17.7 Å². The molecule has 0 aromatic heterocycles. The first-order valence-corrected chi connectivity index (χ1v) is 7.35. The molecule has 6 nitrogen and oxygen atoms in total. The Labute approximate surface area is 130 Å². The number of hydrogen-bond acceptors (Lipinski definition) is 3. The van der Waals surface area contributed by atoms with Crippen molar-refractivity contribution in [2.45, 2.75) is 26.3 Å². The van der Waals surface area contributed by atoms with Crippen LogP contribution in [-0.4, -0.2) is 42.2 Å². The van der Waals surface area contributed by atoms with Gasteiger partial charge >= 0.3 is 12.0 Å². The van der Waals surface area contributed by atoms with E-state index >= 15 is 0 Å². The highest BCUT2D eigenvalue weighted by atomic mass is 16.5. The second-order valence-electron chi connectivity index (χ2n) is 5.69. The predicted molar refractivity (Wildman–Crippen MR) is 82.0 cm³/mol. The van der Waals surface area contributed by atoms with E-state index in [9.17, 15) is 9.59 Å². The Hall–Kier alpha value is -2.24. The number of likely N-dealkylation sites (tertiary alicyclic amines) is 1. The second kappa shape index (κ2) is 6.68. The summed E-state index contributed by atoms with van der Waals surface area (Å²) in [5.41, 5.74) is 1.99. The number of amides is 2. The summed E-state index contributed by atoms with van der Waals surface area (Å²) < 4.78 is 5.33. The first-order valence-electron chi connectivity index (χ1n) is 7.35. The zero-order chi connectivity index (χ0) is 16.3. The van der Waals surface area contributed by atoms with Crippen LogP contribution in [0, 0.1) is 12.8 Å². The largest absolute Gasteiger partial charge is 0.496 e. The van der Waals surface area contributed by atoms with Gasteiger partial charge in [-0.05, 0) is 26.3 Å². The zero-order valence-electron chi connectivity index (χ0n) is 13.1. The number of hydrogen-bond donors (Lipinski definition) is 2. The molecule has 0 radical (unpaired) electrons. The fourth-order valence-corrected chi connectivity index (χ4v) is 2.69. The van der Waals surface area contributed by atoms with Gasteiger partial charge in [0.05, 0.1) is 19.1 Å². The van der Waals surface area contributed by atoms with Crippen molar-refractivity contribution in [3.8, 4) is 5.75 Å². The van der Waals surface area contributed by atoms with Crippen molar-refractivity contribution in [3.63, 3.8) is 0 Å². The molecule has 2 amide bonds. The van der Waals surface area contributed by atoms with Crippen LogP contribution in [0.4, 0.5) is 4.79 Å². The number of carboxylic acid groups (broad SMARTS) is 1. The van der Waals surface area contributed by atoms with Crippen LogP contribution in [0.3, 0.4) is 0 Å². The number of aryl methyl sites for hydroxylation is 1. The third kappa shape index (κ3) is 3.50. The number of benzene rings is 1. The molecule has 1 aromatic rings. The van der Waals surface area contributed by atoms with Gasteiger partial charge in [0.15, 0.2) is 0 Å². The monoisotopic (exact) mass is 306 g/mol. The van der Waals surface area contributed by atoms with Gasteiger partial charge in [-0.3, -0.25) is 4.79 Å². The van der Waals surface area contributed by atoms with E-state index in [-0.39, 0.29) is 18.6 Å². The fourth-order valence-electron chi connectivity index (χ4n) is 2.69. The molecule has 1 heterocycles. The van der Waals surface area contributed by atoms with Gasteiger partial charge in [-0.25, -0.2) is 4.79 Å². The molecule has 1 aromatic carbocycles. The highest BCUT2D eigenvalue weighted by molar-refractivity contribution is 5.77. The summed E-state index contributed by atoms with van der Waals surface area (Å²) in [6.07, 6.45) is 0.505. The van der Waals surface area contributed by atoms with E-state index in [0.29, 0.717) is 13.0 Å². The molecule has 2 N–H and O–H groups in total. The third-order valence-corrected chi connectivity index (χ3v) is 4.02. The van der Waals surface area contributed by atoms with Crippen LogP contribution < -0.4 is 10.1 Å². The zero-order valence-corrected chi connectivity index (χ0v) is 13.1. The van der Waals surface area contributed by atoms with Crippen molar-refractivity contribution in [1.82, 2.24) is 10.2 Å². The maximum Gasteiger partial charge on any atom is 0.317 e. The molecule has 1 aliphatic rings. The van der Waals surface area contributed by atoms with E-state index in [1.54, 1.807) is 12.0 Å². The highest BCUT2D eigenvalue weighted by Crippen LogP contribution is 2.26. The summed E-state index contributed by atoms with van der Waals surface area (Å²) in [5, 5.41) is 11.9. The molecule has 1 saturated heterocycles. The number of nitrogens with zero attached hydrogens (tertiary/aromatic N) is 1. The average Bonchev–Trinajstić information content (AvgIpc) is 2.97. The van der Waals surface area contributed by atoms with E-state index in [1.807, 2.05) is 32.0 Å². The molecule has 2 atom stereocenters. The van der Waals surface area contributed by atoms with Gasteiger partial charge in [0, 0.05) is 18.7 Å². The van der Waals surface area contributed by atoms with E-state index in [4.69, 9.17) is 9.84 Å². The Bertz CT molecular complexity index is 573. The van der Waals surface area contributed by atoms with E-state index < -0.39 is 11.9 Å². The molecular formula is C16H22N2O4. The SMILES string of the molecule is COc1ccc(C)cc1C(C)NC(=O)N1CCC(C(=O)O)C1. The molecule has 2 rings (SSSR count). The normalized spacial score (nSPS) is 18.9. The van der Waals surface area contributed by atoms with Crippen molar-refractivity contribution >= 4 is 12.0 Å². The van der Waals surface area contributed by atoms with Gasteiger partial charge in [0.25, 0.3) is 0 Å². The molecule has 1 fully saturated rings. The summed E-state index contributed by atoms with van der Waals surface area (Å²) in [6.45, 7) is 4.61. The maximum absolute atomic E-state index is 12.3. The summed E-state index contributed by atoms with van der Waals surface area (Å²) in [6, 6.07) is 5.36. The van der Waals surface area contributed by atoms with Crippen LogP contribution in [0.15, 0.2) is 18.2 Å². The van der Waals surface area contributed by atoms with Crippen molar-refractivity contribution < 1.29 is 19.4 Å². The standard InChI is InChI=1S/C16H22N2O4/c1-10-4-5-14(22-3)13(8-10)11(2)17-16(21)18-7-6-12(9-18)15(19)20/h4-5,8,11-12H,6-7,9H2,1-3H3,(H,17,21)(H,19,20). The van der Waals surface area contributed by atoms with Crippen LogP contribution in [0.5, 0.6) is 5.75 Å². The molecule has 120 valence electrons. The second-order valence-corrected chi connectivity index (χ2v) is 5.69. The number of methoxy groups -OCH3 is 1. The minimum Gasteiger partial charge on any atom is -0.496 e. The Morgan fingerprint density at radius 2 is 2.18 bits per heavy atom. The van der Waals surface area contributed by atoms with Crippen LogP contribution in [0.25, 0.3) is 0 Å². The van der Waals surface area contributed by atoms with Gasteiger partial charge in [-0.15, -0.1) is 0 Å². The first-order chi connectivity index (χ1) is 10.4. The fraction of sp³-hybridized carbons (Fsp3) is 0.500. The summed E-state index contributed by atoms with van der Waals surface area (Å²) in [4.78, 5) is 24.8. The Morgan fingerprint density at radius 3 is 2.77 bits per heavy atom. The van der Waals surface area contributed by atoms with E-state index in [1.165, 1.54) is 0 Å². The highest BCUT2D eigenvalue weighted by Gasteiger charge is 2.31. The number of ether oxygens (including phenoxy) is 1. The van der Waals surface area contributed by atoms with Crippen LogP contribution in [0.1, 0.15) is 30.5 Å². The molecule has 0 saturated carbocycles. The number of urea groups is 1. The van der Waals surface area contributed by atoms with Gasteiger partial charge in [0.2, 0.25) is 0 Å². The first kappa shape index (κ1) is 16.1. The van der Waals surface area contributed by atoms with Crippen LogP contribution >= 0.6 is 0 Å². The molecule has 0 bridgehead atoms. The number of carbonyl (C=O) groups excluding carboxylic acids is 1.